The smallest absolute Gasteiger partial charge is 0.410 e. The van der Waals surface area contributed by atoms with E-state index >= 15 is 0 Å². The molecule has 0 aromatic carbocycles. The van der Waals surface area contributed by atoms with Gasteiger partial charge in [-0.15, -0.1) is 0 Å². The summed E-state index contributed by atoms with van der Waals surface area (Å²) in [6, 6.07) is -0.176. The van der Waals surface area contributed by atoms with Crippen LogP contribution in [0.25, 0.3) is 0 Å². The van der Waals surface area contributed by atoms with E-state index in [2.05, 4.69) is 0 Å². The molecule has 0 aromatic rings. The second-order valence-corrected chi connectivity index (χ2v) is 8.14. The Hall–Kier alpha value is -1.99. The number of nitrogens with zero attached hydrogens (tertiary/aromatic N) is 3. The highest BCUT2D eigenvalue weighted by molar-refractivity contribution is 5.80. The van der Waals surface area contributed by atoms with Crippen LogP contribution in [0.2, 0.25) is 0 Å². The molecule has 148 valence electrons. The molecule has 2 saturated heterocycles. The summed E-state index contributed by atoms with van der Waals surface area (Å²) in [7, 11) is 0. The van der Waals surface area contributed by atoms with Gasteiger partial charge in [0.25, 0.3) is 0 Å². The average Bonchev–Trinajstić information content (AvgIpc) is 2.54. The molecule has 2 rings (SSSR count). The van der Waals surface area contributed by atoms with Crippen molar-refractivity contribution in [1.82, 2.24) is 14.7 Å². The molecule has 0 bridgehead atoms. The Kier molecular flexibility index (Phi) is 6.72. The van der Waals surface area contributed by atoms with Gasteiger partial charge < -0.3 is 24.5 Å². The quantitative estimate of drug-likeness (QED) is 0.802. The van der Waals surface area contributed by atoms with E-state index in [0.717, 1.165) is 25.7 Å². The number of aliphatic carboxylic acids is 1. The van der Waals surface area contributed by atoms with Gasteiger partial charge in [0.05, 0.1) is 0 Å². The molecule has 0 spiro atoms. The van der Waals surface area contributed by atoms with Crippen LogP contribution < -0.4 is 0 Å². The third-order valence-corrected chi connectivity index (χ3v) is 4.80. The normalized spacial score (nSPS) is 19.7. The van der Waals surface area contributed by atoms with Gasteiger partial charge in [0, 0.05) is 32.7 Å². The summed E-state index contributed by atoms with van der Waals surface area (Å²) in [4.78, 5) is 40.2. The van der Waals surface area contributed by atoms with Crippen LogP contribution >= 0.6 is 0 Å². The van der Waals surface area contributed by atoms with Crippen LogP contribution in [0.5, 0.6) is 0 Å². The van der Waals surface area contributed by atoms with Crippen LogP contribution in [0.1, 0.15) is 46.5 Å². The van der Waals surface area contributed by atoms with Crippen LogP contribution in [0.15, 0.2) is 0 Å². The van der Waals surface area contributed by atoms with E-state index in [-0.39, 0.29) is 18.7 Å². The molecule has 0 radical (unpaired) electrons. The first-order valence-electron chi connectivity index (χ1n) is 9.39. The predicted octanol–water partition coefficient (Wildman–Crippen LogP) is 2.24. The van der Waals surface area contributed by atoms with Gasteiger partial charge in [0.2, 0.25) is 0 Å². The predicted molar refractivity (Wildman–Crippen MR) is 95.9 cm³/mol. The lowest BCUT2D eigenvalue weighted by atomic mass is 9.93. The topological polar surface area (TPSA) is 90.4 Å². The first kappa shape index (κ1) is 20.3. The fourth-order valence-corrected chi connectivity index (χ4v) is 3.43. The number of urea groups is 1. The van der Waals surface area contributed by atoms with Crippen molar-refractivity contribution in [2.75, 3.05) is 39.3 Å². The summed E-state index contributed by atoms with van der Waals surface area (Å²) in [5.41, 5.74) is -0.482. The van der Waals surface area contributed by atoms with Crippen molar-refractivity contribution < 1.29 is 24.2 Å². The maximum absolute atomic E-state index is 12.3. The van der Waals surface area contributed by atoms with Gasteiger partial charge in [-0.3, -0.25) is 4.79 Å². The SMILES string of the molecule is CC(C)(C)OC(=O)N1CCC(CCN2CCCN(CC(=O)O)C2=O)CC1. The van der Waals surface area contributed by atoms with Crippen LogP contribution in [0.4, 0.5) is 9.59 Å². The standard InChI is InChI=1S/C18H31N3O5/c1-18(2,3)26-17(25)20-11-6-14(7-12-20)5-10-19-8-4-9-21(16(19)24)13-15(22)23/h14H,4-13H2,1-3H3,(H,22,23). The lowest BCUT2D eigenvalue weighted by Crippen LogP contribution is -2.51. The van der Waals surface area contributed by atoms with Gasteiger partial charge in [-0.05, 0) is 52.4 Å². The Balaban J connectivity index is 1.73. The summed E-state index contributed by atoms with van der Waals surface area (Å²) >= 11 is 0. The van der Waals surface area contributed by atoms with Gasteiger partial charge in [-0.25, -0.2) is 9.59 Å². The molecule has 2 aliphatic rings. The highest BCUT2D eigenvalue weighted by atomic mass is 16.6. The number of ether oxygens (including phenoxy) is 1. The van der Waals surface area contributed by atoms with Crippen molar-refractivity contribution in [2.45, 2.75) is 52.1 Å². The largest absolute Gasteiger partial charge is 0.480 e. The highest BCUT2D eigenvalue weighted by Crippen LogP contribution is 2.23. The number of likely N-dealkylation sites (tertiary alicyclic amines) is 1. The molecule has 3 amide bonds. The van der Waals surface area contributed by atoms with Crippen molar-refractivity contribution >= 4 is 18.1 Å². The van der Waals surface area contributed by atoms with Gasteiger partial charge in [0.15, 0.2) is 0 Å². The minimum atomic E-state index is -0.977. The van der Waals surface area contributed by atoms with Gasteiger partial charge in [-0.2, -0.15) is 0 Å². The summed E-state index contributed by atoms with van der Waals surface area (Å²) in [6.45, 7) is 8.55. The van der Waals surface area contributed by atoms with E-state index in [1.165, 1.54) is 4.90 Å². The zero-order valence-corrected chi connectivity index (χ0v) is 16.1. The number of piperidine rings is 1. The zero-order chi connectivity index (χ0) is 19.3. The molecule has 2 fully saturated rings. The Morgan fingerprint density at radius 1 is 1.12 bits per heavy atom. The number of hydrogen-bond donors (Lipinski definition) is 1. The first-order chi connectivity index (χ1) is 12.2. The maximum atomic E-state index is 12.3. The fraction of sp³-hybridized carbons (Fsp3) is 0.833. The third-order valence-electron chi connectivity index (χ3n) is 4.80. The summed E-state index contributed by atoms with van der Waals surface area (Å²) in [5.74, 6) is -0.508. The van der Waals surface area contributed by atoms with Crippen molar-refractivity contribution in [3.05, 3.63) is 0 Å². The lowest BCUT2D eigenvalue weighted by Gasteiger charge is -2.37. The molecule has 2 aliphatic heterocycles. The van der Waals surface area contributed by atoms with E-state index in [0.29, 0.717) is 38.6 Å². The number of carbonyl (C=O) groups excluding carboxylic acids is 2. The first-order valence-corrected chi connectivity index (χ1v) is 9.39. The number of carboxylic acid groups (broad SMARTS) is 1. The molecule has 8 nitrogen and oxygen atoms in total. The molecule has 26 heavy (non-hydrogen) atoms. The van der Waals surface area contributed by atoms with Crippen molar-refractivity contribution in [3.63, 3.8) is 0 Å². The lowest BCUT2D eigenvalue weighted by molar-refractivity contribution is -0.138. The third kappa shape index (κ3) is 6.07. The summed E-state index contributed by atoms with van der Waals surface area (Å²) in [6.07, 6.45) is 3.23. The molecule has 8 heteroatoms. The number of rotatable bonds is 5. The van der Waals surface area contributed by atoms with Crippen molar-refractivity contribution in [2.24, 2.45) is 5.92 Å². The molecule has 0 atom stereocenters. The van der Waals surface area contributed by atoms with E-state index in [4.69, 9.17) is 9.84 Å². The molecular formula is C18H31N3O5. The Bertz CT molecular complexity index is 523. The van der Waals surface area contributed by atoms with Gasteiger partial charge in [-0.1, -0.05) is 0 Å². The molecule has 1 N–H and O–H groups in total. The second kappa shape index (κ2) is 8.60. The fourth-order valence-electron chi connectivity index (χ4n) is 3.43. The van der Waals surface area contributed by atoms with Crippen LogP contribution in [0, 0.1) is 5.92 Å². The zero-order valence-electron chi connectivity index (χ0n) is 16.1. The van der Waals surface area contributed by atoms with E-state index in [9.17, 15) is 14.4 Å². The Labute approximate surface area is 155 Å². The maximum Gasteiger partial charge on any atom is 0.410 e. The summed E-state index contributed by atoms with van der Waals surface area (Å²) < 4.78 is 5.41. The molecule has 2 heterocycles. The Morgan fingerprint density at radius 2 is 1.73 bits per heavy atom. The Morgan fingerprint density at radius 3 is 2.31 bits per heavy atom. The number of carboxylic acids is 1. The molecule has 0 aliphatic carbocycles. The van der Waals surface area contributed by atoms with Crippen molar-refractivity contribution in [1.29, 1.82) is 0 Å². The minimum absolute atomic E-state index is 0.176. The average molecular weight is 369 g/mol. The molecule has 0 saturated carbocycles. The number of carbonyl (C=O) groups is 3. The highest BCUT2D eigenvalue weighted by Gasteiger charge is 2.29. The van der Waals surface area contributed by atoms with Crippen LogP contribution in [0.3, 0.4) is 0 Å². The van der Waals surface area contributed by atoms with Crippen molar-refractivity contribution in [3.8, 4) is 0 Å². The molecule has 0 aromatic heterocycles. The van der Waals surface area contributed by atoms with E-state index in [1.54, 1.807) is 9.80 Å². The van der Waals surface area contributed by atoms with E-state index in [1.807, 2.05) is 20.8 Å². The molecule has 0 unspecified atom stereocenters. The van der Waals surface area contributed by atoms with Gasteiger partial charge >= 0.3 is 18.1 Å². The second-order valence-electron chi connectivity index (χ2n) is 8.14. The van der Waals surface area contributed by atoms with E-state index < -0.39 is 11.6 Å². The number of hydrogen-bond acceptors (Lipinski definition) is 4. The minimum Gasteiger partial charge on any atom is -0.480 e. The van der Waals surface area contributed by atoms with Gasteiger partial charge in [0.1, 0.15) is 12.1 Å². The monoisotopic (exact) mass is 369 g/mol. The number of amides is 3. The van der Waals surface area contributed by atoms with Crippen LogP contribution in [-0.4, -0.2) is 82.8 Å². The summed E-state index contributed by atoms with van der Waals surface area (Å²) in [5, 5.41) is 8.89. The van der Waals surface area contributed by atoms with Crippen LogP contribution in [-0.2, 0) is 9.53 Å². The molecular weight excluding hydrogens is 338 g/mol.